The number of hydrogen-bond acceptors (Lipinski definition) is 6. The monoisotopic (exact) mass is 506 g/mol. The summed E-state index contributed by atoms with van der Waals surface area (Å²) in [5, 5.41) is 27.0. The van der Waals surface area contributed by atoms with Crippen LogP contribution in [-0.4, -0.2) is 58.1 Å². The molecule has 0 heterocycles. The molecule has 0 aliphatic rings. The number of carboxylic acid groups (broad SMARTS) is 1. The Morgan fingerprint density at radius 3 is 1.81 bits per heavy atom. The molecule has 3 amide bonds. The summed E-state index contributed by atoms with van der Waals surface area (Å²) in [6, 6.07) is 2.24. The lowest BCUT2D eigenvalue weighted by atomic mass is 9.95. The van der Waals surface area contributed by atoms with Crippen LogP contribution in [-0.2, 0) is 25.6 Å². The summed E-state index contributed by atoms with van der Waals surface area (Å²) in [7, 11) is 0. The van der Waals surface area contributed by atoms with Gasteiger partial charge in [0.25, 0.3) is 0 Å². The first-order chi connectivity index (χ1) is 16.8. The number of nitrogens with two attached hydrogens (primary N) is 1. The van der Waals surface area contributed by atoms with Crippen molar-refractivity contribution < 1.29 is 29.4 Å². The first-order valence-electron chi connectivity index (χ1n) is 12.5. The highest BCUT2D eigenvalue weighted by Crippen LogP contribution is 2.14. The van der Waals surface area contributed by atoms with E-state index >= 15 is 0 Å². The second-order valence-corrected chi connectivity index (χ2v) is 9.78. The van der Waals surface area contributed by atoms with Gasteiger partial charge in [0.1, 0.15) is 23.9 Å². The number of aromatic hydroxyl groups is 1. The maximum absolute atomic E-state index is 13.4. The van der Waals surface area contributed by atoms with E-state index in [1.54, 1.807) is 32.9 Å². The highest BCUT2D eigenvalue weighted by molar-refractivity contribution is 5.94. The molecule has 0 aliphatic heterocycles. The number of amides is 3. The first-order valence-corrected chi connectivity index (χ1v) is 12.5. The van der Waals surface area contributed by atoms with Crippen LogP contribution in [0.4, 0.5) is 0 Å². The molecule has 6 atom stereocenters. The lowest BCUT2D eigenvalue weighted by Crippen LogP contribution is -2.59. The highest BCUT2D eigenvalue weighted by atomic mass is 16.4. The summed E-state index contributed by atoms with van der Waals surface area (Å²) in [4.78, 5) is 50.8. The quantitative estimate of drug-likeness (QED) is 0.222. The number of carbonyl (C=O) groups excluding carboxylic acids is 3. The third-order valence-corrected chi connectivity index (χ3v) is 6.59. The van der Waals surface area contributed by atoms with Crippen LogP contribution in [0.3, 0.4) is 0 Å². The van der Waals surface area contributed by atoms with Gasteiger partial charge in [0.05, 0.1) is 6.04 Å². The molecule has 0 saturated heterocycles. The predicted octanol–water partition coefficient (Wildman–Crippen LogP) is 1.55. The molecule has 0 spiro atoms. The lowest BCUT2D eigenvalue weighted by Gasteiger charge is -2.29. The Hall–Kier alpha value is -3.14. The Morgan fingerprint density at radius 1 is 0.806 bits per heavy atom. The Balaban J connectivity index is 3.19. The standard InChI is InChI=1S/C26H42N4O6/c1-7-15(5)20(27)24(33)28-19(13-17-9-11-18(31)12-10-17)23(32)30-22(16(6)8-2)25(34)29-21(14(3)4)26(35)36/h9-12,14-16,19-22,31H,7-8,13,27H2,1-6H3,(H,28,33)(H,29,34)(H,30,32)(H,35,36). The molecule has 6 unspecified atom stereocenters. The van der Waals surface area contributed by atoms with Gasteiger partial charge in [0, 0.05) is 6.42 Å². The minimum absolute atomic E-state index is 0.0641. The second kappa shape index (κ2) is 14.4. The summed E-state index contributed by atoms with van der Waals surface area (Å²) < 4.78 is 0. The average molecular weight is 507 g/mol. The molecule has 0 bridgehead atoms. The van der Waals surface area contributed by atoms with E-state index in [9.17, 15) is 29.4 Å². The number of aliphatic carboxylic acids is 1. The molecule has 0 radical (unpaired) electrons. The second-order valence-electron chi connectivity index (χ2n) is 9.78. The molecule has 7 N–H and O–H groups in total. The van der Waals surface area contributed by atoms with Crippen LogP contribution in [0.2, 0.25) is 0 Å². The van der Waals surface area contributed by atoms with Crippen LogP contribution < -0.4 is 21.7 Å². The van der Waals surface area contributed by atoms with Gasteiger partial charge >= 0.3 is 5.97 Å². The molecule has 0 aliphatic carbocycles. The maximum atomic E-state index is 13.4. The zero-order chi connectivity index (χ0) is 27.6. The lowest BCUT2D eigenvalue weighted by molar-refractivity contribution is -0.144. The summed E-state index contributed by atoms with van der Waals surface area (Å²) >= 11 is 0. The number of nitrogens with one attached hydrogen (secondary N) is 3. The van der Waals surface area contributed by atoms with Crippen molar-refractivity contribution in [3.63, 3.8) is 0 Å². The van der Waals surface area contributed by atoms with Crippen molar-refractivity contribution in [2.75, 3.05) is 0 Å². The molecule has 0 fully saturated rings. The van der Waals surface area contributed by atoms with E-state index in [1.807, 2.05) is 20.8 Å². The van der Waals surface area contributed by atoms with Crippen LogP contribution in [0.25, 0.3) is 0 Å². The van der Waals surface area contributed by atoms with Crippen molar-refractivity contribution >= 4 is 23.7 Å². The number of phenolic OH excluding ortho intramolecular Hbond substituents is 1. The Kier molecular flexibility index (Phi) is 12.4. The third-order valence-electron chi connectivity index (χ3n) is 6.59. The number of carbonyl (C=O) groups is 4. The fourth-order valence-corrected chi connectivity index (χ4v) is 3.57. The third kappa shape index (κ3) is 9.14. The zero-order valence-corrected chi connectivity index (χ0v) is 22.1. The van der Waals surface area contributed by atoms with E-state index in [1.165, 1.54) is 12.1 Å². The van der Waals surface area contributed by atoms with Gasteiger partial charge in [-0.3, -0.25) is 14.4 Å². The van der Waals surface area contributed by atoms with Crippen LogP contribution in [0.15, 0.2) is 24.3 Å². The van der Waals surface area contributed by atoms with Crippen LogP contribution in [0.1, 0.15) is 59.9 Å². The van der Waals surface area contributed by atoms with Crippen molar-refractivity contribution in [1.29, 1.82) is 0 Å². The van der Waals surface area contributed by atoms with Gasteiger partial charge in [-0.2, -0.15) is 0 Å². The van der Waals surface area contributed by atoms with Gasteiger partial charge in [0.2, 0.25) is 17.7 Å². The minimum Gasteiger partial charge on any atom is -0.508 e. The van der Waals surface area contributed by atoms with Gasteiger partial charge in [0.15, 0.2) is 0 Å². The van der Waals surface area contributed by atoms with Crippen molar-refractivity contribution in [1.82, 2.24) is 16.0 Å². The van der Waals surface area contributed by atoms with Gasteiger partial charge in [-0.05, 0) is 35.4 Å². The largest absolute Gasteiger partial charge is 0.508 e. The number of phenols is 1. The minimum atomic E-state index is -1.16. The molecule has 10 nitrogen and oxygen atoms in total. The molecular weight excluding hydrogens is 464 g/mol. The van der Waals surface area contributed by atoms with E-state index in [4.69, 9.17) is 5.73 Å². The molecule has 10 heteroatoms. The number of benzene rings is 1. The fourth-order valence-electron chi connectivity index (χ4n) is 3.57. The molecule has 36 heavy (non-hydrogen) atoms. The summed E-state index contributed by atoms with van der Waals surface area (Å²) in [5.74, 6) is -3.55. The molecule has 1 aromatic carbocycles. The molecule has 1 rings (SSSR count). The molecule has 1 aromatic rings. The van der Waals surface area contributed by atoms with Crippen molar-refractivity contribution in [2.45, 2.75) is 85.0 Å². The maximum Gasteiger partial charge on any atom is 0.326 e. The molecule has 0 saturated carbocycles. The smallest absolute Gasteiger partial charge is 0.326 e. The first kappa shape index (κ1) is 30.9. The Morgan fingerprint density at radius 2 is 1.33 bits per heavy atom. The molecule has 0 aromatic heterocycles. The van der Waals surface area contributed by atoms with E-state index in [-0.39, 0.29) is 29.9 Å². The van der Waals surface area contributed by atoms with E-state index in [0.29, 0.717) is 18.4 Å². The van der Waals surface area contributed by atoms with Gasteiger partial charge < -0.3 is 31.9 Å². The number of rotatable bonds is 14. The average Bonchev–Trinajstić information content (AvgIpc) is 2.84. The van der Waals surface area contributed by atoms with Crippen molar-refractivity contribution in [2.24, 2.45) is 23.5 Å². The summed E-state index contributed by atoms with van der Waals surface area (Å²) in [6.45, 7) is 10.8. The summed E-state index contributed by atoms with van der Waals surface area (Å²) in [6.07, 6.45) is 1.33. The molecular formula is C26H42N4O6. The van der Waals surface area contributed by atoms with E-state index < -0.39 is 47.9 Å². The summed E-state index contributed by atoms with van der Waals surface area (Å²) in [5.41, 5.74) is 6.75. The SMILES string of the molecule is CCC(C)C(N)C(=O)NC(Cc1ccc(O)cc1)C(=O)NC(C(=O)NC(C(=O)O)C(C)C)C(C)CC. The van der Waals surface area contributed by atoms with E-state index in [0.717, 1.165) is 0 Å². The van der Waals surface area contributed by atoms with Crippen LogP contribution in [0.5, 0.6) is 5.75 Å². The Labute approximate surface area is 213 Å². The number of hydrogen-bond donors (Lipinski definition) is 6. The van der Waals surface area contributed by atoms with Crippen molar-refractivity contribution in [3.05, 3.63) is 29.8 Å². The van der Waals surface area contributed by atoms with Gasteiger partial charge in [-0.15, -0.1) is 0 Å². The van der Waals surface area contributed by atoms with Crippen LogP contribution >= 0.6 is 0 Å². The van der Waals surface area contributed by atoms with Gasteiger partial charge in [-0.25, -0.2) is 4.79 Å². The Bertz CT molecular complexity index is 889. The number of carboxylic acids is 1. The predicted molar refractivity (Wildman–Crippen MR) is 137 cm³/mol. The molecule has 202 valence electrons. The van der Waals surface area contributed by atoms with E-state index in [2.05, 4.69) is 16.0 Å². The van der Waals surface area contributed by atoms with Gasteiger partial charge in [-0.1, -0.05) is 66.5 Å². The highest BCUT2D eigenvalue weighted by Gasteiger charge is 2.34. The normalized spacial score (nSPS) is 16.2. The van der Waals surface area contributed by atoms with Crippen molar-refractivity contribution in [3.8, 4) is 5.75 Å². The topological polar surface area (TPSA) is 171 Å². The van der Waals surface area contributed by atoms with Crippen LogP contribution in [0, 0.1) is 17.8 Å². The fraction of sp³-hybridized carbons (Fsp3) is 0.615. The zero-order valence-electron chi connectivity index (χ0n) is 22.1.